The maximum Gasteiger partial charge on any atom is 0.243 e. The average molecular weight is 329 g/mol. The van der Waals surface area contributed by atoms with Gasteiger partial charge in [0, 0.05) is 30.2 Å². The molecule has 1 amide bonds. The van der Waals surface area contributed by atoms with Crippen molar-refractivity contribution in [3.8, 4) is 0 Å². The number of carbonyl (C=O) groups is 1. The molecule has 0 aliphatic carbocycles. The van der Waals surface area contributed by atoms with Crippen LogP contribution in [0.2, 0.25) is 0 Å². The standard InChI is InChI=1S/C19H24FN3O/c1-4-23(5-2)17-10-11-18(14(3)12-17)22-19(24)13-21-16-8-6-15(20)7-9-16/h6-12,21H,4-5,13H2,1-3H3,(H,22,24). The van der Waals surface area contributed by atoms with Crippen LogP contribution in [-0.4, -0.2) is 25.5 Å². The molecule has 4 nitrogen and oxygen atoms in total. The van der Waals surface area contributed by atoms with Gasteiger partial charge in [-0.1, -0.05) is 0 Å². The van der Waals surface area contributed by atoms with Gasteiger partial charge in [0.05, 0.1) is 6.54 Å². The highest BCUT2D eigenvalue weighted by Gasteiger charge is 2.08. The van der Waals surface area contributed by atoms with Crippen molar-refractivity contribution >= 4 is 23.0 Å². The second-order valence-electron chi connectivity index (χ2n) is 5.58. The van der Waals surface area contributed by atoms with Crippen molar-refractivity contribution in [2.24, 2.45) is 0 Å². The smallest absolute Gasteiger partial charge is 0.243 e. The van der Waals surface area contributed by atoms with E-state index >= 15 is 0 Å². The van der Waals surface area contributed by atoms with E-state index in [0.717, 1.165) is 30.0 Å². The molecule has 0 spiro atoms. The van der Waals surface area contributed by atoms with Crippen LogP contribution >= 0.6 is 0 Å². The number of aryl methyl sites for hydroxylation is 1. The lowest BCUT2D eigenvalue weighted by molar-refractivity contribution is -0.114. The Kier molecular flexibility index (Phi) is 6.18. The van der Waals surface area contributed by atoms with Crippen LogP contribution in [0.3, 0.4) is 0 Å². The molecule has 24 heavy (non-hydrogen) atoms. The molecule has 2 N–H and O–H groups in total. The summed E-state index contributed by atoms with van der Waals surface area (Å²) >= 11 is 0. The molecule has 0 aliphatic rings. The molecule has 0 aromatic heterocycles. The summed E-state index contributed by atoms with van der Waals surface area (Å²) in [4.78, 5) is 14.3. The number of rotatable bonds is 7. The van der Waals surface area contributed by atoms with Crippen LogP contribution in [-0.2, 0) is 4.79 Å². The molecular formula is C19H24FN3O. The van der Waals surface area contributed by atoms with E-state index in [2.05, 4.69) is 35.4 Å². The number of halogens is 1. The van der Waals surface area contributed by atoms with Gasteiger partial charge in [0.25, 0.3) is 0 Å². The monoisotopic (exact) mass is 329 g/mol. The zero-order valence-electron chi connectivity index (χ0n) is 14.4. The molecule has 0 radical (unpaired) electrons. The number of hydrogen-bond donors (Lipinski definition) is 2. The van der Waals surface area contributed by atoms with Gasteiger partial charge in [-0.25, -0.2) is 4.39 Å². The minimum Gasteiger partial charge on any atom is -0.376 e. The summed E-state index contributed by atoms with van der Waals surface area (Å²) in [5.74, 6) is -0.438. The Bertz CT molecular complexity index is 682. The first kappa shape index (κ1) is 17.8. The Morgan fingerprint density at radius 2 is 1.75 bits per heavy atom. The van der Waals surface area contributed by atoms with E-state index in [0.29, 0.717) is 5.69 Å². The third-order valence-corrected chi connectivity index (χ3v) is 3.91. The molecule has 0 unspecified atom stereocenters. The molecule has 5 heteroatoms. The van der Waals surface area contributed by atoms with E-state index in [1.807, 2.05) is 19.1 Å². The summed E-state index contributed by atoms with van der Waals surface area (Å²) in [6, 6.07) is 11.9. The predicted molar refractivity (Wildman–Crippen MR) is 98.3 cm³/mol. The second-order valence-corrected chi connectivity index (χ2v) is 5.58. The molecule has 0 bridgehead atoms. The maximum absolute atomic E-state index is 12.8. The van der Waals surface area contributed by atoms with Crippen molar-refractivity contribution in [2.45, 2.75) is 20.8 Å². The number of benzene rings is 2. The Labute approximate surface area is 142 Å². The van der Waals surface area contributed by atoms with Gasteiger partial charge in [-0.2, -0.15) is 0 Å². The third kappa shape index (κ3) is 4.72. The lowest BCUT2D eigenvalue weighted by Gasteiger charge is -2.22. The lowest BCUT2D eigenvalue weighted by atomic mass is 10.1. The highest BCUT2D eigenvalue weighted by molar-refractivity contribution is 5.94. The number of hydrogen-bond acceptors (Lipinski definition) is 3. The Hall–Kier alpha value is -2.56. The summed E-state index contributed by atoms with van der Waals surface area (Å²) in [7, 11) is 0. The van der Waals surface area contributed by atoms with Crippen molar-refractivity contribution in [3.63, 3.8) is 0 Å². The van der Waals surface area contributed by atoms with Gasteiger partial charge in [-0.05, 0) is 68.8 Å². The maximum atomic E-state index is 12.8. The largest absolute Gasteiger partial charge is 0.376 e. The fraction of sp³-hybridized carbons (Fsp3) is 0.316. The summed E-state index contributed by atoms with van der Waals surface area (Å²) in [5, 5.41) is 5.87. The van der Waals surface area contributed by atoms with Gasteiger partial charge in [-0.3, -0.25) is 4.79 Å². The quantitative estimate of drug-likeness (QED) is 0.806. The molecule has 0 heterocycles. The van der Waals surface area contributed by atoms with Gasteiger partial charge < -0.3 is 15.5 Å². The van der Waals surface area contributed by atoms with Gasteiger partial charge >= 0.3 is 0 Å². The summed E-state index contributed by atoms with van der Waals surface area (Å²) < 4.78 is 12.8. The summed E-state index contributed by atoms with van der Waals surface area (Å²) in [5.41, 5.74) is 3.69. The SMILES string of the molecule is CCN(CC)c1ccc(NC(=O)CNc2ccc(F)cc2)c(C)c1. The highest BCUT2D eigenvalue weighted by atomic mass is 19.1. The van der Waals surface area contributed by atoms with E-state index < -0.39 is 0 Å². The van der Waals surface area contributed by atoms with E-state index in [1.165, 1.54) is 12.1 Å². The van der Waals surface area contributed by atoms with E-state index in [9.17, 15) is 9.18 Å². The molecule has 0 saturated carbocycles. The van der Waals surface area contributed by atoms with Crippen LogP contribution < -0.4 is 15.5 Å². The molecule has 2 aromatic carbocycles. The number of anilines is 3. The van der Waals surface area contributed by atoms with Crippen LogP contribution in [0, 0.1) is 12.7 Å². The predicted octanol–water partition coefficient (Wildman–Crippen LogP) is 4.03. The minimum absolute atomic E-state index is 0.128. The van der Waals surface area contributed by atoms with Crippen molar-refractivity contribution in [1.82, 2.24) is 0 Å². The molecule has 2 aromatic rings. The first-order valence-electron chi connectivity index (χ1n) is 8.18. The molecular weight excluding hydrogens is 305 g/mol. The zero-order valence-corrected chi connectivity index (χ0v) is 14.4. The van der Waals surface area contributed by atoms with Gasteiger partial charge in [0.15, 0.2) is 0 Å². The van der Waals surface area contributed by atoms with Crippen LogP contribution in [0.25, 0.3) is 0 Å². The number of nitrogens with zero attached hydrogens (tertiary/aromatic N) is 1. The third-order valence-electron chi connectivity index (χ3n) is 3.91. The normalized spacial score (nSPS) is 10.3. The van der Waals surface area contributed by atoms with Crippen LogP contribution in [0.1, 0.15) is 19.4 Å². The van der Waals surface area contributed by atoms with E-state index in [1.54, 1.807) is 12.1 Å². The first-order valence-corrected chi connectivity index (χ1v) is 8.18. The second kappa shape index (κ2) is 8.34. The molecule has 0 aliphatic heterocycles. The molecule has 0 fully saturated rings. The van der Waals surface area contributed by atoms with E-state index in [4.69, 9.17) is 0 Å². The number of nitrogens with one attached hydrogen (secondary N) is 2. The highest BCUT2D eigenvalue weighted by Crippen LogP contribution is 2.22. The average Bonchev–Trinajstić information content (AvgIpc) is 2.58. The van der Waals surface area contributed by atoms with Crippen molar-refractivity contribution in [1.29, 1.82) is 0 Å². The van der Waals surface area contributed by atoms with Crippen LogP contribution in [0.5, 0.6) is 0 Å². The Balaban J connectivity index is 1.95. The minimum atomic E-state index is -0.297. The fourth-order valence-electron chi connectivity index (χ4n) is 2.52. The summed E-state index contributed by atoms with van der Waals surface area (Å²) in [6.45, 7) is 8.25. The molecule has 0 atom stereocenters. The van der Waals surface area contributed by atoms with Crippen molar-refractivity contribution in [3.05, 3.63) is 53.8 Å². The van der Waals surface area contributed by atoms with E-state index in [-0.39, 0.29) is 18.3 Å². The van der Waals surface area contributed by atoms with Crippen LogP contribution in [0.4, 0.5) is 21.5 Å². The first-order chi connectivity index (χ1) is 11.5. The topological polar surface area (TPSA) is 44.4 Å². The van der Waals surface area contributed by atoms with Gasteiger partial charge in [0.2, 0.25) is 5.91 Å². The van der Waals surface area contributed by atoms with Crippen molar-refractivity contribution in [2.75, 3.05) is 35.2 Å². The van der Waals surface area contributed by atoms with Gasteiger partial charge in [0.1, 0.15) is 5.82 Å². The lowest BCUT2D eigenvalue weighted by Crippen LogP contribution is -2.23. The molecule has 2 rings (SSSR count). The van der Waals surface area contributed by atoms with Crippen LogP contribution in [0.15, 0.2) is 42.5 Å². The molecule has 0 saturated heterocycles. The summed E-state index contributed by atoms with van der Waals surface area (Å²) in [6.07, 6.45) is 0. The van der Waals surface area contributed by atoms with Gasteiger partial charge in [-0.15, -0.1) is 0 Å². The Morgan fingerprint density at radius 3 is 2.33 bits per heavy atom. The molecule has 128 valence electrons. The number of carbonyl (C=O) groups excluding carboxylic acids is 1. The fourth-order valence-corrected chi connectivity index (χ4v) is 2.52. The zero-order chi connectivity index (χ0) is 17.5. The number of amides is 1. The van der Waals surface area contributed by atoms with Crippen molar-refractivity contribution < 1.29 is 9.18 Å². The Morgan fingerprint density at radius 1 is 1.08 bits per heavy atom.